The number of rotatable bonds is 36. The highest BCUT2D eigenvalue weighted by Gasteiger charge is 2.39. The lowest BCUT2D eigenvalue weighted by Gasteiger charge is -2.43. The van der Waals surface area contributed by atoms with Gasteiger partial charge < -0.3 is 10.2 Å². The predicted molar refractivity (Wildman–Crippen MR) is 416 cm³/mol. The minimum atomic E-state index is 0.156. The Kier molecular flexibility index (Phi) is 43.9. The molecule has 0 fully saturated rings. The van der Waals surface area contributed by atoms with E-state index in [0.29, 0.717) is 23.7 Å². The van der Waals surface area contributed by atoms with Crippen LogP contribution < -0.4 is 0 Å². The van der Waals surface area contributed by atoms with Crippen molar-refractivity contribution in [2.75, 3.05) is 13.2 Å². The minimum absolute atomic E-state index is 0.156. The molecule has 0 bridgehead atoms. The molecular weight excluding hydrogens is 1110 g/mol. The normalized spacial score (nSPS) is 20.7. The first kappa shape index (κ1) is 84.2. The molecule has 0 aliphatic heterocycles. The molecule has 92 heavy (non-hydrogen) atoms. The Balaban J connectivity index is 0.000000920. The van der Waals surface area contributed by atoms with E-state index in [1.165, 1.54) is 90.9 Å². The Morgan fingerprint density at radius 1 is 0.348 bits per heavy atom. The van der Waals surface area contributed by atoms with E-state index in [1.54, 1.807) is 0 Å². The first-order valence-electron chi connectivity index (χ1n) is 35.3. The van der Waals surface area contributed by atoms with Crippen molar-refractivity contribution in [3.8, 4) is 0 Å². The summed E-state index contributed by atoms with van der Waals surface area (Å²) in [7, 11) is 0. The smallest absolute Gasteiger partial charge is 0.0639 e. The van der Waals surface area contributed by atoms with Gasteiger partial charge in [-0.25, -0.2) is 0 Å². The maximum Gasteiger partial charge on any atom is 0.0639 e. The summed E-state index contributed by atoms with van der Waals surface area (Å²) >= 11 is 0. The fourth-order valence-corrected chi connectivity index (χ4v) is 11.8. The summed E-state index contributed by atoms with van der Waals surface area (Å²) in [6.07, 6.45) is 81.2. The molecule has 0 aromatic rings. The molecule has 0 amide bonds. The molecule has 0 aromatic carbocycles. The van der Waals surface area contributed by atoms with Crippen LogP contribution in [0.4, 0.5) is 0 Å². The summed E-state index contributed by atoms with van der Waals surface area (Å²) in [5.41, 5.74) is 22.1. The molecule has 4 atom stereocenters. The maximum absolute atomic E-state index is 9.39. The molecule has 0 radical (unpaired) electrons. The molecule has 4 unspecified atom stereocenters. The van der Waals surface area contributed by atoms with Crippen LogP contribution >= 0.6 is 0 Å². The van der Waals surface area contributed by atoms with Crippen molar-refractivity contribution < 1.29 is 10.2 Å². The third kappa shape index (κ3) is 39.0. The molecule has 0 heterocycles. The zero-order chi connectivity index (χ0) is 69.1. The maximum atomic E-state index is 9.39. The second kappa shape index (κ2) is 48.0. The third-order valence-corrected chi connectivity index (χ3v) is 18.7. The van der Waals surface area contributed by atoms with Crippen LogP contribution in [0.5, 0.6) is 0 Å². The number of aliphatic hydroxyl groups is 2. The quantitative estimate of drug-likeness (QED) is 0.0485. The molecular formula is C90H136O2. The van der Waals surface area contributed by atoms with Crippen LogP contribution in [0.15, 0.2) is 259 Å². The van der Waals surface area contributed by atoms with Crippen LogP contribution in [0, 0.1) is 34.5 Å². The highest BCUT2D eigenvalue weighted by molar-refractivity contribution is 5.31. The molecule has 2 aliphatic rings. The molecule has 0 aromatic heterocycles. The third-order valence-electron chi connectivity index (χ3n) is 18.7. The van der Waals surface area contributed by atoms with Crippen LogP contribution in [-0.2, 0) is 0 Å². The van der Waals surface area contributed by atoms with Gasteiger partial charge in [0.15, 0.2) is 0 Å². The summed E-state index contributed by atoms with van der Waals surface area (Å²) in [5, 5.41) is 18.8. The lowest BCUT2D eigenvalue weighted by molar-refractivity contribution is 0.154. The molecule has 0 saturated heterocycles. The standard InChI is InChI=1S/2C45H68O/c2*1-35(2)18-14-21-38(5)24-16-26-39(6)25-15-22-36(3)19-12-13-20-37(4)23-17-27-40(7)29-33-44-42(9)30-32-43(45(44,10)11)31-28-41(8)34-46/h2*12-13,15,18-20,22,24-25,27-30,33,43-44,46H,14,16-17,21,23,26,31-32,34H2,1-11H3/b2*13-12+,22-15+,33-29+,36-19+,37-20+,38-24+,39-25+,40-27+,41-28+. The Labute approximate surface area is 569 Å². The SMILES string of the molecule is CC(C)=CCC/C(C)=C/CC/C(C)=C/C=C/C(C)=C/C=C/C=C(\C)CC/C=C(C)/C=C/C1C(C)=CCC(C/C=C(\C)CO)C1(C)C.CC(C)=CCC/C(C)=C/CC/C(C)=C/C=C/C(C)=C/C=C/C=C(\C)CC/C=C(C)/C=C/C1C(C)=CCC(C/C=C(\C)CO)C1(C)C. The van der Waals surface area contributed by atoms with E-state index in [9.17, 15) is 10.2 Å². The van der Waals surface area contributed by atoms with Crippen molar-refractivity contribution in [2.24, 2.45) is 34.5 Å². The Hall–Kier alpha value is -5.80. The van der Waals surface area contributed by atoms with Gasteiger partial charge in [-0.2, -0.15) is 0 Å². The van der Waals surface area contributed by atoms with Gasteiger partial charge in [-0.05, 0) is 250 Å². The predicted octanol–water partition coefficient (Wildman–Crippen LogP) is 27.3. The van der Waals surface area contributed by atoms with E-state index >= 15 is 0 Å². The van der Waals surface area contributed by atoms with Gasteiger partial charge in [0.05, 0.1) is 13.2 Å². The fraction of sp³-hybridized carbons (Fsp3) is 0.511. The van der Waals surface area contributed by atoms with Crippen LogP contribution in [0.2, 0.25) is 0 Å². The summed E-state index contributed by atoms with van der Waals surface area (Å²) in [6.45, 7) is 49.4. The van der Waals surface area contributed by atoms with Gasteiger partial charge in [0.2, 0.25) is 0 Å². The van der Waals surface area contributed by atoms with Gasteiger partial charge in [0.1, 0.15) is 0 Å². The average molecular weight is 1250 g/mol. The van der Waals surface area contributed by atoms with E-state index in [2.05, 4.69) is 309 Å². The van der Waals surface area contributed by atoms with Crippen molar-refractivity contribution in [2.45, 2.75) is 255 Å². The highest BCUT2D eigenvalue weighted by Crippen LogP contribution is 2.49. The summed E-state index contributed by atoms with van der Waals surface area (Å²) in [4.78, 5) is 0. The first-order valence-corrected chi connectivity index (χ1v) is 35.3. The molecule has 2 aliphatic carbocycles. The zero-order valence-corrected chi connectivity index (χ0v) is 63.1. The Morgan fingerprint density at radius 3 is 0.967 bits per heavy atom. The second-order valence-electron chi connectivity index (χ2n) is 29.1. The lowest BCUT2D eigenvalue weighted by Crippen LogP contribution is -2.35. The molecule has 2 rings (SSSR count). The average Bonchev–Trinajstić information content (AvgIpc) is 0.827. The van der Waals surface area contributed by atoms with Crippen LogP contribution in [0.3, 0.4) is 0 Å². The fourth-order valence-electron chi connectivity index (χ4n) is 11.8. The van der Waals surface area contributed by atoms with Gasteiger partial charge >= 0.3 is 0 Å². The van der Waals surface area contributed by atoms with Crippen LogP contribution in [-0.4, -0.2) is 23.4 Å². The van der Waals surface area contributed by atoms with Crippen molar-refractivity contribution in [1.29, 1.82) is 0 Å². The molecule has 2 N–H and O–H groups in total. The minimum Gasteiger partial charge on any atom is -0.392 e. The van der Waals surface area contributed by atoms with Gasteiger partial charge in [-0.3, -0.25) is 0 Å². The van der Waals surface area contributed by atoms with Crippen molar-refractivity contribution >= 4 is 0 Å². The highest BCUT2D eigenvalue weighted by atomic mass is 16.3. The second-order valence-corrected chi connectivity index (χ2v) is 29.1. The Morgan fingerprint density at radius 2 is 0.641 bits per heavy atom. The molecule has 2 heteroatoms. The summed E-state index contributed by atoms with van der Waals surface area (Å²) < 4.78 is 0. The number of aliphatic hydroxyl groups excluding tert-OH is 2. The topological polar surface area (TPSA) is 40.5 Å². The van der Waals surface area contributed by atoms with E-state index in [0.717, 1.165) is 101 Å². The largest absolute Gasteiger partial charge is 0.392 e. The van der Waals surface area contributed by atoms with Crippen molar-refractivity contribution in [3.63, 3.8) is 0 Å². The van der Waals surface area contributed by atoms with Crippen LogP contribution in [0.25, 0.3) is 0 Å². The van der Waals surface area contributed by atoms with E-state index in [-0.39, 0.29) is 24.0 Å². The molecule has 2 nitrogen and oxygen atoms in total. The summed E-state index contributed by atoms with van der Waals surface area (Å²) in [5.74, 6) is 2.05. The van der Waals surface area contributed by atoms with E-state index < -0.39 is 0 Å². The van der Waals surface area contributed by atoms with E-state index in [4.69, 9.17) is 0 Å². The molecule has 508 valence electrons. The molecule has 0 saturated carbocycles. The van der Waals surface area contributed by atoms with Crippen molar-refractivity contribution in [1.82, 2.24) is 0 Å². The Bertz CT molecular complexity index is 2740. The van der Waals surface area contributed by atoms with Gasteiger partial charge in [0.25, 0.3) is 0 Å². The lowest BCUT2D eigenvalue weighted by atomic mass is 9.61. The monoisotopic (exact) mass is 1250 g/mol. The number of allylic oxidation sites excluding steroid dienone is 42. The number of hydrogen-bond donors (Lipinski definition) is 2. The van der Waals surface area contributed by atoms with Gasteiger partial charge in [-0.1, -0.05) is 287 Å². The van der Waals surface area contributed by atoms with Crippen LogP contribution in [0.1, 0.15) is 255 Å². The first-order chi connectivity index (χ1) is 43.5. The molecule has 0 spiro atoms. The van der Waals surface area contributed by atoms with Gasteiger partial charge in [0, 0.05) is 11.8 Å². The zero-order valence-electron chi connectivity index (χ0n) is 63.1. The van der Waals surface area contributed by atoms with E-state index in [1.807, 2.05) is 13.8 Å². The van der Waals surface area contributed by atoms with Gasteiger partial charge in [-0.15, -0.1) is 0 Å². The van der Waals surface area contributed by atoms with Crippen molar-refractivity contribution in [3.05, 3.63) is 259 Å². The number of hydrogen-bond acceptors (Lipinski definition) is 2. The summed E-state index contributed by atoms with van der Waals surface area (Å²) in [6, 6.07) is 0.